The molecular weight excluding hydrogens is 370 g/mol. The van der Waals surface area contributed by atoms with Crippen LogP contribution in [-0.4, -0.2) is 35.9 Å². The van der Waals surface area contributed by atoms with Crippen molar-refractivity contribution in [3.63, 3.8) is 0 Å². The highest BCUT2D eigenvalue weighted by Crippen LogP contribution is 2.18. The monoisotopic (exact) mass is 395 g/mol. The van der Waals surface area contributed by atoms with Crippen LogP contribution in [0.25, 0.3) is 0 Å². The third-order valence-corrected chi connectivity index (χ3v) is 4.99. The summed E-state index contributed by atoms with van der Waals surface area (Å²) < 4.78 is 4.74. The van der Waals surface area contributed by atoms with E-state index in [9.17, 15) is 14.4 Å². The minimum absolute atomic E-state index is 0.0955. The van der Waals surface area contributed by atoms with Gasteiger partial charge in [-0.2, -0.15) is 0 Å². The number of ether oxygens (including phenoxy) is 1. The summed E-state index contributed by atoms with van der Waals surface area (Å²) in [6.07, 6.45) is 6.56. The summed E-state index contributed by atoms with van der Waals surface area (Å²) in [7, 11) is 1.28. The first-order valence-electron chi connectivity index (χ1n) is 9.85. The number of benzene rings is 1. The Labute approximate surface area is 169 Å². The molecule has 0 saturated heterocycles. The minimum atomic E-state index is -0.551. The lowest BCUT2D eigenvalue weighted by Crippen LogP contribution is -2.35. The van der Waals surface area contributed by atoms with Crippen molar-refractivity contribution in [1.29, 1.82) is 0 Å². The van der Waals surface area contributed by atoms with Gasteiger partial charge in [-0.1, -0.05) is 43.9 Å². The van der Waals surface area contributed by atoms with Gasteiger partial charge >= 0.3 is 5.97 Å². The van der Waals surface area contributed by atoms with Crippen LogP contribution in [0.2, 0.25) is 0 Å². The summed E-state index contributed by atoms with van der Waals surface area (Å²) in [5.74, 6) is -1.34. The topological polar surface area (TPSA) is 97.4 Å². The van der Waals surface area contributed by atoms with E-state index in [0.29, 0.717) is 5.69 Å². The summed E-state index contributed by atoms with van der Waals surface area (Å²) >= 11 is 0. The first-order chi connectivity index (χ1) is 14.1. The molecular formula is C22H25N3O4. The molecule has 1 heterocycles. The zero-order valence-electron chi connectivity index (χ0n) is 16.4. The number of carbonyl (C=O) groups excluding carboxylic acids is 3. The second-order valence-corrected chi connectivity index (χ2v) is 7.06. The Balaban J connectivity index is 1.71. The first kappa shape index (κ1) is 20.5. The number of rotatable bonds is 5. The molecule has 1 aliphatic carbocycles. The van der Waals surface area contributed by atoms with E-state index in [1.807, 2.05) is 0 Å². The van der Waals surface area contributed by atoms with Crippen molar-refractivity contribution in [2.75, 3.05) is 12.4 Å². The smallest absolute Gasteiger partial charge is 0.339 e. The number of carbonyl (C=O) groups is 3. The largest absolute Gasteiger partial charge is 0.465 e. The Kier molecular flexibility index (Phi) is 6.94. The molecule has 0 unspecified atom stereocenters. The molecule has 7 heteroatoms. The van der Waals surface area contributed by atoms with Gasteiger partial charge in [-0.25, -0.2) is 9.78 Å². The van der Waals surface area contributed by atoms with Crippen molar-refractivity contribution in [3.05, 3.63) is 59.4 Å². The first-order valence-corrected chi connectivity index (χ1v) is 9.85. The van der Waals surface area contributed by atoms with E-state index in [1.54, 1.807) is 36.4 Å². The summed E-state index contributed by atoms with van der Waals surface area (Å²) in [5, 5.41) is 5.69. The van der Waals surface area contributed by atoms with Crippen LogP contribution in [0.3, 0.4) is 0 Å². The molecule has 0 aliphatic heterocycles. The third-order valence-electron chi connectivity index (χ3n) is 4.99. The van der Waals surface area contributed by atoms with Gasteiger partial charge < -0.3 is 15.4 Å². The number of pyridine rings is 1. The lowest BCUT2D eigenvalue weighted by molar-refractivity contribution is 0.0601. The second kappa shape index (κ2) is 9.82. The predicted molar refractivity (Wildman–Crippen MR) is 109 cm³/mol. The average molecular weight is 395 g/mol. The Hall–Kier alpha value is -3.22. The lowest BCUT2D eigenvalue weighted by atomic mass is 10.1. The van der Waals surface area contributed by atoms with Crippen molar-refractivity contribution >= 4 is 23.5 Å². The van der Waals surface area contributed by atoms with Crippen LogP contribution in [-0.2, 0) is 4.74 Å². The van der Waals surface area contributed by atoms with Crippen LogP contribution in [0.5, 0.6) is 0 Å². The molecule has 152 valence electrons. The van der Waals surface area contributed by atoms with Gasteiger partial charge in [-0.15, -0.1) is 0 Å². The Morgan fingerprint density at radius 3 is 2.24 bits per heavy atom. The molecule has 1 aromatic carbocycles. The summed E-state index contributed by atoms with van der Waals surface area (Å²) in [6, 6.07) is 11.4. The highest BCUT2D eigenvalue weighted by atomic mass is 16.5. The van der Waals surface area contributed by atoms with E-state index in [2.05, 4.69) is 15.6 Å². The van der Waals surface area contributed by atoms with Gasteiger partial charge in [0, 0.05) is 6.04 Å². The van der Waals surface area contributed by atoms with Gasteiger partial charge in [-0.3, -0.25) is 9.59 Å². The molecule has 1 saturated carbocycles. The summed E-state index contributed by atoms with van der Waals surface area (Å²) in [4.78, 5) is 41.3. The number of amides is 2. The van der Waals surface area contributed by atoms with Crippen LogP contribution in [0.4, 0.5) is 5.69 Å². The Morgan fingerprint density at radius 1 is 0.897 bits per heavy atom. The molecule has 1 aliphatic rings. The molecule has 29 heavy (non-hydrogen) atoms. The highest BCUT2D eigenvalue weighted by molar-refractivity contribution is 6.07. The van der Waals surface area contributed by atoms with Crippen molar-refractivity contribution in [1.82, 2.24) is 10.3 Å². The quantitative estimate of drug-likeness (QED) is 0.596. The molecule has 7 nitrogen and oxygen atoms in total. The zero-order chi connectivity index (χ0) is 20.6. The molecule has 2 aromatic rings. The SMILES string of the molecule is COC(=O)c1ccccc1NC(=O)c1cccc(C(=O)NC2CCCCCC2)n1. The molecule has 1 fully saturated rings. The highest BCUT2D eigenvalue weighted by Gasteiger charge is 2.19. The van der Waals surface area contributed by atoms with E-state index in [-0.39, 0.29) is 28.9 Å². The maximum atomic E-state index is 12.6. The minimum Gasteiger partial charge on any atom is -0.465 e. The number of anilines is 1. The van der Waals surface area contributed by atoms with Crippen LogP contribution >= 0.6 is 0 Å². The third kappa shape index (κ3) is 5.40. The molecule has 3 rings (SSSR count). The van der Waals surface area contributed by atoms with Crippen molar-refractivity contribution < 1.29 is 19.1 Å². The molecule has 2 amide bonds. The van der Waals surface area contributed by atoms with Crippen LogP contribution < -0.4 is 10.6 Å². The number of methoxy groups -OCH3 is 1. The fraction of sp³-hybridized carbons (Fsp3) is 0.364. The molecule has 0 atom stereocenters. The van der Waals surface area contributed by atoms with Gasteiger partial charge in [-0.05, 0) is 37.1 Å². The number of para-hydroxylation sites is 1. The molecule has 0 radical (unpaired) electrons. The van der Waals surface area contributed by atoms with Gasteiger partial charge in [0.25, 0.3) is 11.8 Å². The second-order valence-electron chi connectivity index (χ2n) is 7.06. The van der Waals surface area contributed by atoms with Gasteiger partial charge in [0.2, 0.25) is 0 Å². The molecule has 0 bridgehead atoms. The zero-order valence-corrected chi connectivity index (χ0v) is 16.4. The number of hydrogen-bond donors (Lipinski definition) is 2. The van der Waals surface area contributed by atoms with Gasteiger partial charge in [0.1, 0.15) is 11.4 Å². The van der Waals surface area contributed by atoms with Crippen molar-refractivity contribution in [2.24, 2.45) is 0 Å². The van der Waals surface area contributed by atoms with Crippen LogP contribution in [0.1, 0.15) is 69.9 Å². The van der Waals surface area contributed by atoms with Crippen molar-refractivity contribution in [2.45, 2.75) is 44.6 Å². The van der Waals surface area contributed by atoms with Crippen molar-refractivity contribution in [3.8, 4) is 0 Å². The maximum Gasteiger partial charge on any atom is 0.339 e. The van der Waals surface area contributed by atoms with E-state index in [1.165, 1.54) is 26.0 Å². The molecule has 2 N–H and O–H groups in total. The normalized spacial score (nSPS) is 14.5. The average Bonchev–Trinajstić information content (AvgIpc) is 3.02. The predicted octanol–water partition coefficient (Wildman–Crippen LogP) is 3.57. The van der Waals surface area contributed by atoms with Gasteiger partial charge in [0.05, 0.1) is 18.4 Å². The van der Waals surface area contributed by atoms with E-state index < -0.39 is 11.9 Å². The Morgan fingerprint density at radius 2 is 1.55 bits per heavy atom. The fourth-order valence-corrected chi connectivity index (χ4v) is 3.44. The van der Waals surface area contributed by atoms with Crippen LogP contribution in [0.15, 0.2) is 42.5 Å². The number of hydrogen-bond acceptors (Lipinski definition) is 5. The molecule has 1 aromatic heterocycles. The number of aromatic nitrogens is 1. The summed E-state index contributed by atoms with van der Waals surface area (Å²) in [5.41, 5.74) is 0.853. The van der Waals surface area contributed by atoms with E-state index >= 15 is 0 Å². The van der Waals surface area contributed by atoms with Gasteiger partial charge in [0.15, 0.2) is 0 Å². The summed E-state index contributed by atoms with van der Waals surface area (Å²) in [6.45, 7) is 0. The number of esters is 1. The standard InChI is InChI=1S/C22H25N3O4/c1-29-22(28)16-11-6-7-12-17(16)25-21(27)19-14-8-13-18(24-19)20(26)23-15-9-4-2-3-5-10-15/h6-8,11-15H,2-5,9-10H2,1H3,(H,23,26)(H,25,27). The fourth-order valence-electron chi connectivity index (χ4n) is 3.44. The maximum absolute atomic E-state index is 12.6. The van der Waals surface area contributed by atoms with E-state index in [4.69, 9.17) is 4.74 Å². The van der Waals surface area contributed by atoms with Crippen LogP contribution in [0, 0.1) is 0 Å². The number of nitrogens with zero attached hydrogens (tertiary/aromatic N) is 1. The molecule has 0 spiro atoms. The van der Waals surface area contributed by atoms with E-state index in [0.717, 1.165) is 25.7 Å². The lowest BCUT2D eigenvalue weighted by Gasteiger charge is -2.16. The Bertz CT molecular complexity index is 889. The number of nitrogens with one attached hydrogen (secondary N) is 2.